The van der Waals surface area contributed by atoms with Gasteiger partial charge in [0, 0.05) is 17.0 Å². The summed E-state index contributed by atoms with van der Waals surface area (Å²) in [5.74, 6) is -1.07. The smallest absolute Gasteiger partial charge is 0.171 e. The van der Waals surface area contributed by atoms with Gasteiger partial charge in [-0.2, -0.15) is 0 Å². The number of nitrogens with zero attached hydrogens (tertiary/aromatic N) is 3. The first kappa shape index (κ1) is 10.1. The number of phenolic OH excluding ortho intramolecular Hbond substituents is 1. The fraction of sp³-hybridized carbons (Fsp3) is 0.111. The van der Waals surface area contributed by atoms with Crippen LogP contribution < -0.4 is 0 Å². The van der Waals surface area contributed by atoms with E-state index in [1.54, 1.807) is 0 Å². The van der Waals surface area contributed by atoms with Gasteiger partial charge in [0.1, 0.15) is 0 Å². The maximum atomic E-state index is 13.1. The summed E-state index contributed by atoms with van der Waals surface area (Å²) in [7, 11) is 0. The van der Waals surface area contributed by atoms with Crippen molar-refractivity contribution >= 4 is 6.08 Å². The first-order valence-electron chi connectivity index (χ1n) is 3.90. The van der Waals surface area contributed by atoms with Gasteiger partial charge in [0.05, 0.1) is 0 Å². The van der Waals surface area contributed by atoms with Gasteiger partial charge in [-0.25, -0.2) is 4.39 Å². The number of hydrogen-bond donors (Lipinski definition) is 1. The van der Waals surface area contributed by atoms with Gasteiger partial charge in [0.2, 0.25) is 0 Å². The molecule has 0 aromatic heterocycles. The van der Waals surface area contributed by atoms with Crippen LogP contribution in [-0.4, -0.2) is 11.7 Å². The van der Waals surface area contributed by atoms with Crippen LogP contribution in [0.2, 0.25) is 0 Å². The van der Waals surface area contributed by atoms with Gasteiger partial charge in [0.25, 0.3) is 0 Å². The Morgan fingerprint density at radius 2 is 2.36 bits per heavy atom. The molecule has 0 radical (unpaired) electrons. The second-order valence-electron chi connectivity index (χ2n) is 2.50. The van der Waals surface area contributed by atoms with Gasteiger partial charge in [0.15, 0.2) is 11.6 Å². The van der Waals surface area contributed by atoms with E-state index in [-0.39, 0.29) is 12.1 Å². The molecule has 0 saturated carbocycles. The Bertz CT molecular complexity index is 397. The van der Waals surface area contributed by atoms with Crippen LogP contribution in [0.4, 0.5) is 4.39 Å². The second-order valence-corrected chi connectivity index (χ2v) is 2.50. The van der Waals surface area contributed by atoms with Crippen LogP contribution in [-0.2, 0) is 0 Å². The molecule has 72 valence electrons. The molecule has 0 amide bonds. The largest absolute Gasteiger partial charge is 0.505 e. The maximum Gasteiger partial charge on any atom is 0.171 e. The number of hydrogen-bond acceptors (Lipinski definition) is 2. The molecule has 0 fully saturated rings. The zero-order valence-corrected chi connectivity index (χ0v) is 7.26. The predicted molar refractivity (Wildman–Crippen MR) is 51.1 cm³/mol. The number of aromatic hydroxyl groups is 1. The van der Waals surface area contributed by atoms with Gasteiger partial charge >= 0.3 is 0 Å². The van der Waals surface area contributed by atoms with Crippen molar-refractivity contribution in [1.29, 1.82) is 0 Å². The lowest BCUT2D eigenvalue weighted by Gasteiger charge is -1.97. The van der Waals surface area contributed by atoms with Gasteiger partial charge in [-0.05, 0) is 11.6 Å². The van der Waals surface area contributed by atoms with E-state index in [0.29, 0.717) is 0 Å². The Labute approximate surface area is 79.9 Å². The van der Waals surface area contributed by atoms with E-state index in [0.717, 1.165) is 0 Å². The van der Waals surface area contributed by atoms with E-state index in [4.69, 9.17) is 10.6 Å². The molecular weight excluding hydrogens is 185 g/mol. The maximum absolute atomic E-state index is 13.1. The average molecular weight is 193 g/mol. The van der Waals surface area contributed by atoms with E-state index in [1.165, 1.54) is 30.4 Å². The molecule has 0 heterocycles. The van der Waals surface area contributed by atoms with Crippen molar-refractivity contribution in [3.63, 3.8) is 0 Å². The lowest BCUT2D eigenvalue weighted by Crippen LogP contribution is -1.82. The highest BCUT2D eigenvalue weighted by molar-refractivity contribution is 5.52. The van der Waals surface area contributed by atoms with Crippen LogP contribution in [0.1, 0.15) is 5.56 Å². The first-order chi connectivity index (χ1) is 6.75. The van der Waals surface area contributed by atoms with E-state index in [1.807, 2.05) is 0 Å². The molecule has 0 aliphatic rings. The zero-order chi connectivity index (χ0) is 10.4. The number of halogens is 1. The lowest BCUT2D eigenvalue weighted by molar-refractivity contribution is 0.432. The summed E-state index contributed by atoms with van der Waals surface area (Å²) in [5.41, 5.74) is 8.23. The van der Waals surface area contributed by atoms with Gasteiger partial charge in [-0.3, -0.25) is 0 Å². The van der Waals surface area contributed by atoms with Crippen LogP contribution in [0.3, 0.4) is 0 Å². The molecule has 1 aromatic carbocycles. The van der Waals surface area contributed by atoms with Crippen molar-refractivity contribution in [2.45, 2.75) is 0 Å². The van der Waals surface area contributed by atoms with Gasteiger partial charge in [-0.1, -0.05) is 29.4 Å². The molecule has 0 atom stereocenters. The van der Waals surface area contributed by atoms with Crippen molar-refractivity contribution in [2.24, 2.45) is 5.11 Å². The van der Waals surface area contributed by atoms with Crippen molar-refractivity contribution in [1.82, 2.24) is 0 Å². The molecule has 0 saturated heterocycles. The highest BCUT2D eigenvalue weighted by atomic mass is 19.1. The molecule has 4 nitrogen and oxygen atoms in total. The van der Waals surface area contributed by atoms with Crippen molar-refractivity contribution in [3.8, 4) is 5.75 Å². The molecule has 0 bridgehead atoms. The Morgan fingerprint density at radius 1 is 1.57 bits per heavy atom. The van der Waals surface area contributed by atoms with Crippen LogP contribution >= 0.6 is 0 Å². The second kappa shape index (κ2) is 4.89. The third-order valence-electron chi connectivity index (χ3n) is 1.56. The normalized spacial score (nSPS) is 10.1. The fourth-order valence-electron chi connectivity index (χ4n) is 0.929. The Morgan fingerprint density at radius 3 is 3.07 bits per heavy atom. The molecule has 14 heavy (non-hydrogen) atoms. The van der Waals surface area contributed by atoms with Crippen molar-refractivity contribution < 1.29 is 9.50 Å². The summed E-state index contributed by atoms with van der Waals surface area (Å²) in [6.07, 6.45) is 2.96. The van der Waals surface area contributed by atoms with Gasteiger partial charge < -0.3 is 5.11 Å². The first-order valence-corrected chi connectivity index (χ1v) is 3.90. The van der Waals surface area contributed by atoms with Crippen LogP contribution in [0.25, 0.3) is 16.5 Å². The SMILES string of the molecule is [N-]=[N+]=NCC=Cc1cccc(O)c1F. The highest BCUT2D eigenvalue weighted by Crippen LogP contribution is 2.19. The van der Waals surface area contributed by atoms with Crippen molar-refractivity contribution in [2.75, 3.05) is 6.54 Å². The lowest BCUT2D eigenvalue weighted by atomic mass is 10.2. The monoisotopic (exact) mass is 193 g/mol. The molecule has 1 rings (SSSR count). The molecule has 0 spiro atoms. The minimum absolute atomic E-state index is 0.158. The van der Waals surface area contributed by atoms with E-state index >= 15 is 0 Å². The molecule has 1 aromatic rings. The average Bonchev–Trinajstić information content (AvgIpc) is 2.19. The minimum Gasteiger partial charge on any atom is -0.505 e. The number of rotatable bonds is 3. The molecule has 0 aliphatic heterocycles. The summed E-state index contributed by atoms with van der Waals surface area (Å²) in [5, 5.41) is 12.3. The van der Waals surface area contributed by atoms with Crippen molar-refractivity contribution in [3.05, 3.63) is 46.1 Å². The standard InChI is InChI=1S/C9H8FN3O/c10-9-7(3-1-5-8(9)14)4-2-6-12-13-11/h1-5,14H,6H2. The quantitative estimate of drug-likeness (QED) is 0.447. The third-order valence-corrected chi connectivity index (χ3v) is 1.56. The Hall–Kier alpha value is -2.00. The summed E-state index contributed by atoms with van der Waals surface area (Å²) < 4.78 is 13.1. The van der Waals surface area contributed by atoms with Crippen LogP contribution in [0.5, 0.6) is 5.75 Å². The van der Waals surface area contributed by atoms with Gasteiger partial charge in [-0.15, -0.1) is 0 Å². The summed E-state index contributed by atoms with van der Waals surface area (Å²) in [6, 6.07) is 4.31. The summed E-state index contributed by atoms with van der Waals surface area (Å²) in [6.45, 7) is 0.158. The summed E-state index contributed by atoms with van der Waals surface area (Å²) in [4.78, 5) is 2.54. The Kier molecular flexibility index (Phi) is 3.52. The predicted octanol–water partition coefficient (Wildman–Crippen LogP) is 2.85. The molecular formula is C9H8FN3O. The number of benzene rings is 1. The van der Waals surface area contributed by atoms with E-state index < -0.39 is 11.6 Å². The summed E-state index contributed by atoms with van der Waals surface area (Å²) >= 11 is 0. The molecule has 0 unspecified atom stereocenters. The molecule has 5 heteroatoms. The molecule has 0 aliphatic carbocycles. The van der Waals surface area contributed by atoms with Crippen LogP contribution in [0.15, 0.2) is 29.4 Å². The fourth-order valence-corrected chi connectivity index (χ4v) is 0.929. The number of phenols is 1. The van der Waals surface area contributed by atoms with E-state index in [2.05, 4.69) is 10.0 Å². The van der Waals surface area contributed by atoms with Crippen LogP contribution in [0, 0.1) is 5.82 Å². The minimum atomic E-state index is -0.676. The number of azide groups is 1. The van der Waals surface area contributed by atoms with E-state index in [9.17, 15) is 4.39 Å². The zero-order valence-electron chi connectivity index (χ0n) is 7.26. The third kappa shape index (κ3) is 2.50. The topological polar surface area (TPSA) is 69.0 Å². The highest BCUT2D eigenvalue weighted by Gasteiger charge is 2.02. The molecule has 1 N–H and O–H groups in total. The Balaban J connectivity index is 2.81.